The summed E-state index contributed by atoms with van der Waals surface area (Å²) < 4.78 is 0. The van der Waals surface area contributed by atoms with Gasteiger partial charge in [0.25, 0.3) is 0 Å². The van der Waals surface area contributed by atoms with Gasteiger partial charge in [-0.1, -0.05) is 25.3 Å². The minimum absolute atomic E-state index is 0.231. The fraction of sp³-hybridized carbons (Fsp3) is 0.105. The molecule has 1 aromatic heterocycles. The van der Waals surface area contributed by atoms with Gasteiger partial charge in [-0.25, -0.2) is 0 Å². The van der Waals surface area contributed by atoms with Crippen LogP contribution in [0.5, 0.6) is 0 Å². The lowest BCUT2D eigenvalue weighted by molar-refractivity contribution is 0.0979. The fourth-order valence-corrected chi connectivity index (χ4v) is 2.83. The maximum absolute atomic E-state index is 13.1. The first kappa shape index (κ1) is 17.5. The molecular formula is C19H19N5O2. The topological polar surface area (TPSA) is 123 Å². The highest BCUT2D eigenvalue weighted by molar-refractivity contribution is 6.31. The molecular weight excluding hydrogens is 330 g/mol. The molecule has 26 heavy (non-hydrogen) atoms. The SMILES string of the molecule is C=CC(N)Nc1ccc(NC(N)C=C)c2c1C(=O)c1ccncc1C2=O. The summed E-state index contributed by atoms with van der Waals surface area (Å²) in [6.45, 7) is 7.24. The Kier molecular flexibility index (Phi) is 4.66. The van der Waals surface area contributed by atoms with Gasteiger partial charge in [0.05, 0.1) is 29.0 Å². The van der Waals surface area contributed by atoms with Crippen LogP contribution in [0.3, 0.4) is 0 Å². The molecule has 2 unspecified atom stereocenters. The van der Waals surface area contributed by atoms with E-state index in [0.29, 0.717) is 16.9 Å². The van der Waals surface area contributed by atoms with Crippen LogP contribution in [0.15, 0.2) is 55.9 Å². The largest absolute Gasteiger partial charge is 0.366 e. The van der Waals surface area contributed by atoms with Crippen molar-refractivity contribution in [2.75, 3.05) is 10.6 Å². The molecule has 0 amide bonds. The maximum atomic E-state index is 13.1. The lowest BCUT2D eigenvalue weighted by Gasteiger charge is -2.25. The second-order valence-corrected chi connectivity index (χ2v) is 5.80. The lowest BCUT2D eigenvalue weighted by atomic mass is 9.83. The Bertz CT molecular complexity index is 848. The predicted octanol–water partition coefficient (Wildman–Crippen LogP) is 1.62. The molecule has 0 saturated carbocycles. The number of carbonyl (C=O) groups is 2. The Balaban J connectivity index is 2.23. The smallest absolute Gasteiger partial charge is 0.198 e. The zero-order chi connectivity index (χ0) is 18.8. The van der Waals surface area contributed by atoms with Crippen molar-refractivity contribution in [3.63, 3.8) is 0 Å². The second kappa shape index (κ2) is 6.91. The molecule has 0 fully saturated rings. The van der Waals surface area contributed by atoms with Gasteiger partial charge in [-0.3, -0.25) is 14.6 Å². The van der Waals surface area contributed by atoms with E-state index in [1.165, 1.54) is 30.6 Å². The Morgan fingerprint density at radius 2 is 1.38 bits per heavy atom. The van der Waals surface area contributed by atoms with Crippen molar-refractivity contribution in [2.45, 2.75) is 12.3 Å². The molecule has 1 aliphatic rings. The molecule has 0 saturated heterocycles. The minimum Gasteiger partial charge on any atom is -0.366 e. The first-order valence-corrected chi connectivity index (χ1v) is 7.97. The molecule has 2 aromatic rings. The highest BCUT2D eigenvalue weighted by Gasteiger charge is 2.34. The lowest BCUT2D eigenvalue weighted by Crippen LogP contribution is -2.32. The number of rotatable bonds is 6. The molecule has 7 heteroatoms. The number of nitrogens with one attached hydrogen (secondary N) is 2. The second-order valence-electron chi connectivity index (χ2n) is 5.80. The quantitative estimate of drug-likeness (QED) is 0.394. The van der Waals surface area contributed by atoms with E-state index >= 15 is 0 Å². The Labute approximate surface area is 150 Å². The van der Waals surface area contributed by atoms with E-state index in [1.54, 1.807) is 12.1 Å². The zero-order valence-electron chi connectivity index (χ0n) is 14.0. The van der Waals surface area contributed by atoms with Crippen molar-refractivity contribution < 1.29 is 9.59 Å². The Morgan fingerprint density at radius 1 is 0.885 bits per heavy atom. The molecule has 3 rings (SSSR count). The van der Waals surface area contributed by atoms with Crippen molar-refractivity contribution in [1.82, 2.24) is 4.98 Å². The Hall–Kier alpha value is -3.29. The van der Waals surface area contributed by atoms with Crippen LogP contribution in [0.25, 0.3) is 0 Å². The number of nitrogens with zero attached hydrogens (tertiary/aromatic N) is 1. The van der Waals surface area contributed by atoms with E-state index in [2.05, 4.69) is 28.8 Å². The van der Waals surface area contributed by atoms with Crippen LogP contribution in [-0.2, 0) is 0 Å². The normalized spacial score (nSPS) is 14.7. The van der Waals surface area contributed by atoms with Crippen LogP contribution in [0, 0.1) is 0 Å². The number of hydrogen-bond acceptors (Lipinski definition) is 7. The fourth-order valence-electron chi connectivity index (χ4n) is 2.83. The summed E-state index contributed by atoms with van der Waals surface area (Å²) >= 11 is 0. The monoisotopic (exact) mass is 349 g/mol. The number of aromatic nitrogens is 1. The highest BCUT2D eigenvalue weighted by Crippen LogP contribution is 2.36. The van der Waals surface area contributed by atoms with E-state index < -0.39 is 12.3 Å². The summed E-state index contributed by atoms with van der Waals surface area (Å²) in [4.78, 5) is 30.1. The molecule has 6 N–H and O–H groups in total. The summed E-state index contributed by atoms with van der Waals surface area (Å²) in [6.07, 6.45) is 4.72. The van der Waals surface area contributed by atoms with E-state index in [4.69, 9.17) is 11.5 Å². The van der Waals surface area contributed by atoms with Crippen LogP contribution in [0.1, 0.15) is 31.8 Å². The molecule has 0 radical (unpaired) electrons. The number of hydrogen-bond donors (Lipinski definition) is 4. The van der Waals surface area contributed by atoms with Crippen molar-refractivity contribution in [1.29, 1.82) is 0 Å². The summed E-state index contributed by atoms with van der Waals surface area (Å²) in [7, 11) is 0. The Morgan fingerprint density at radius 3 is 1.88 bits per heavy atom. The molecule has 2 atom stereocenters. The molecule has 1 aliphatic carbocycles. The predicted molar refractivity (Wildman–Crippen MR) is 101 cm³/mol. The van der Waals surface area contributed by atoms with Crippen LogP contribution in [-0.4, -0.2) is 28.9 Å². The summed E-state index contributed by atoms with van der Waals surface area (Å²) in [5.74, 6) is -0.594. The number of ketones is 2. The maximum Gasteiger partial charge on any atom is 0.198 e. The van der Waals surface area contributed by atoms with Crippen molar-refractivity contribution in [3.05, 3.63) is 78.2 Å². The third-order valence-corrected chi connectivity index (χ3v) is 4.12. The van der Waals surface area contributed by atoms with Crippen molar-refractivity contribution in [3.8, 4) is 0 Å². The van der Waals surface area contributed by atoms with Crippen LogP contribution in [0.2, 0.25) is 0 Å². The number of carbonyl (C=O) groups excluding carboxylic acids is 2. The minimum atomic E-state index is -0.577. The van der Waals surface area contributed by atoms with E-state index in [-0.39, 0.29) is 28.3 Å². The molecule has 7 nitrogen and oxygen atoms in total. The van der Waals surface area contributed by atoms with Gasteiger partial charge in [-0.15, -0.1) is 0 Å². The van der Waals surface area contributed by atoms with Crippen LogP contribution in [0.4, 0.5) is 11.4 Å². The number of nitrogens with two attached hydrogens (primary N) is 2. The molecule has 0 aliphatic heterocycles. The summed E-state index contributed by atoms with van der Waals surface area (Å²) in [6, 6.07) is 4.88. The average molecular weight is 349 g/mol. The number of anilines is 2. The molecule has 0 bridgehead atoms. The van der Waals surface area contributed by atoms with E-state index in [0.717, 1.165) is 0 Å². The standard InChI is InChI=1S/C19H19N5O2/c1-3-14(20)23-12-5-6-13(24-15(21)4-2)17-16(12)18(25)10-7-8-22-9-11(10)19(17)26/h3-9,14-15,23-24H,1-2,20-21H2. The molecule has 1 aromatic carbocycles. The molecule has 1 heterocycles. The number of benzene rings is 1. The number of pyridine rings is 1. The zero-order valence-corrected chi connectivity index (χ0v) is 14.0. The van der Waals surface area contributed by atoms with E-state index in [9.17, 15) is 9.59 Å². The van der Waals surface area contributed by atoms with E-state index in [1.807, 2.05) is 0 Å². The first-order valence-electron chi connectivity index (χ1n) is 7.97. The average Bonchev–Trinajstić information content (AvgIpc) is 2.66. The third kappa shape index (κ3) is 2.90. The third-order valence-electron chi connectivity index (χ3n) is 4.12. The summed E-state index contributed by atoms with van der Waals surface area (Å²) in [5, 5.41) is 5.97. The van der Waals surface area contributed by atoms with Crippen molar-refractivity contribution >= 4 is 22.9 Å². The van der Waals surface area contributed by atoms with Gasteiger partial charge >= 0.3 is 0 Å². The van der Waals surface area contributed by atoms with Gasteiger partial charge in [0.15, 0.2) is 11.6 Å². The van der Waals surface area contributed by atoms with Gasteiger partial charge < -0.3 is 22.1 Å². The van der Waals surface area contributed by atoms with Crippen LogP contribution >= 0.6 is 0 Å². The summed E-state index contributed by atoms with van der Waals surface area (Å²) in [5.41, 5.74) is 13.7. The van der Waals surface area contributed by atoms with Gasteiger partial charge in [0, 0.05) is 29.3 Å². The van der Waals surface area contributed by atoms with Crippen molar-refractivity contribution in [2.24, 2.45) is 11.5 Å². The first-order chi connectivity index (χ1) is 12.5. The number of fused-ring (bicyclic) bond motifs is 2. The van der Waals surface area contributed by atoms with Gasteiger partial charge in [-0.05, 0) is 18.2 Å². The van der Waals surface area contributed by atoms with Gasteiger partial charge in [0.2, 0.25) is 0 Å². The molecule has 0 spiro atoms. The van der Waals surface area contributed by atoms with Crippen LogP contribution < -0.4 is 22.1 Å². The van der Waals surface area contributed by atoms with Gasteiger partial charge in [0.1, 0.15) is 0 Å². The highest BCUT2D eigenvalue weighted by atomic mass is 16.1. The van der Waals surface area contributed by atoms with Gasteiger partial charge in [-0.2, -0.15) is 0 Å². The molecule has 132 valence electrons.